The zero-order chi connectivity index (χ0) is 10.7. The minimum atomic E-state index is -0.0144. The Bertz CT molecular complexity index is 342. The summed E-state index contributed by atoms with van der Waals surface area (Å²) in [5, 5.41) is 0. The molecule has 0 radical (unpaired) electrons. The first-order valence-electron chi connectivity index (χ1n) is 3.82. The smallest absolute Gasteiger partial charge is 0.255 e. The second-order valence-corrected chi connectivity index (χ2v) is 6.78. The number of nitrogens with zero attached hydrogens (tertiary/aromatic N) is 1. The van der Waals surface area contributed by atoms with E-state index in [1.54, 1.807) is 11.9 Å². The fourth-order valence-corrected chi connectivity index (χ4v) is 3.95. The normalized spacial score (nSPS) is 10.3. The molecule has 14 heavy (non-hydrogen) atoms. The van der Waals surface area contributed by atoms with Gasteiger partial charge in [-0.15, -0.1) is 22.9 Å². The molecule has 0 unspecified atom stereocenters. The van der Waals surface area contributed by atoms with Crippen LogP contribution in [0.1, 0.15) is 10.4 Å². The maximum absolute atomic E-state index is 11.8. The number of carbonyl (C=O) groups excluding carboxylic acids is 1. The minimum Gasteiger partial charge on any atom is -0.340 e. The van der Waals surface area contributed by atoms with Crippen LogP contribution in [0.3, 0.4) is 0 Å². The Kier molecular flexibility index (Phi) is 4.90. The number of amides is 1. The molecule has 1 aromatic heterocycles. The van der Waals surface area contributed by atoms with E-state index in [1.165, 1.54) is 11.3 Å². The van der Waals surface area contributed by atoms with Crippen LogP contribution >= 0.6 is 54.8 Å². The molecule has 0 aliphatic rings. The van der Waals surface area contributed by atoms with Crippen LogP contribution < -0.4 is 0 Å². The Labute approximate surface area is 108 Å². The molecule has 0 aliphatic heterocycles. The van der Waals surface area contributed by atoms with E-state index < -0.39 is 0 Å². The summed E-state index contributed by atoms with van der Waals surface area (Å²) < 4.78 is 1.78. The van der Waals surface area contributed by atoms with Crippen LogP contribution in [0.15, 0.2) is 13.6 Å². The Morgan fingerprint density at radius 3 is 2.71 bits per heavy atom. The predicted octanol–water partition coefficient (Wildman–Crippen LogP) is 3.58. The second-order valence-electron chi connectivity index (χ2n) is 2.65. The lowest BCUT2D eigenvalue weighted by Crippen LogP contribution is -2.28. The van der Waals surface area contributed by atoms with Crippen molar-refractivity contribution >= 4 is 60.7 Å². The molecule has 0 saturated carbocycles. The fourth-order valence-electron chi connectivity index (χ4n) is 0.920. The Hall–Kier alpha value is 0.420. The molecular formula is C8H8Br2ClNOS. The van der Waals surface area contributed by atoms with Gasteiger partial charge in [-0.1, -0.05) is 0 Å². The van der Waals surface area contributed by atoms with E-state index in [9.17, 15) is 4.79 Å². The third kappa shape index (κ3) is 2.95. The summed E-state index contributed by atoms with van der Waals surface area (Å²) in [6.45, 7) is 0.556. The maximum Gasteiger partial charge on any atom is 0.255 e. The Morgan fingerprint density at radius 1 is 1.64 bits per heavy atom. The van der Waals surface area contributed by atoms with E-state index in [2.05, 4.69) is 31.9 Å². The van der Waals surface area contributed by atoms with Gasteiger partial charge in [-0.05, 0) is 37.9 Å². The molecule has 0 aromatic carbocycles. The number of rotatable bonds is 3. The van der Waals surface area contributed by atoms with Crippen LogP contribution in [0.5, 0.6) is 0 Å². The largest absolute Gasteiger partial charge is 0.340 e. The molecule has 0 bridgehead atoms. The lowest BCUT2D eigenvalue weighted by atomic mass is 10.3. The van der Waals surface area contributed by atoms with Crippen LogP contribution in [0.4, 0.5) is 0 Å². The van der Waals surface area contributed by atoms with Gasteiger partial charge in [-0.2, -0.15) is 0 Å². The molecule has 0 atom stereocenters. The average molecular weight is 361 g/mol. The minimum absolute atomic E-state index is 0.0144. The summed E-state index contributed by atoms with van der Waals surface area (Å²) >= 11 is 13.7. The molecule has 0 aliphatic carbocycles. The highest BCUT2D eigenvalue weighted by molar-refractivity contribution is 9.12. The van der Waals surface area contributed by atoms with Crippen molar-refractivity contribution in [3.05, 3.63) is 19.2 Å². The SMILES string of the molecule is CN(CCCl)C(=O)c1cc(Br)sc1Br. The van der Waals surface area contributed by atoms with Crippen molar-refractivity contribution in [2.75, 3.05) is 19.5 Å². The first-order chi connectivity index (χ1) is 6.56. The zero-order valence-electron chi connectivity index (χ0n) is 7.39. The molecule has 0 spiro atoms. The van der Waals surface area contributed by atoms with Gasteiger partial charge in [0, 0.05) is 19.5 Å². The van der Waals surface area contributed by atoms with Gasteiger partial charge in [0.25, 0.3) is 5.91 Å². The zero-order valence-corrected chi connectivity index (χ0v) is 12.1. The molecular weight excluding hydrogens is 353 g/mol. The molecule has 6 heteroatoms. The number of thiophene rings is 1. The highest BCUT2D eigenvalue weighted by Gasteiger charge is 2.16. The first kappa shape index (κ1) is 12.5. The lowest BCUT2D eigenvalue weighted by molar-refractivity contribution is 0.0803. The third-order valence-corrected chi connectivity index (χ3v) is 4.16. The van der Waals surface area contributed by atoms with Gasteiger partial charge in [0.05, 0.1) is 13.1 Å². The van der Waals surface area contributed by atoms with Crippen LogP contribution in [0.25, 0.3) is 0 Å². The summed E-state index contributed by atoms with van der Waals surface area (Å²) in [5.41, 5.74) is 0.675. The Morgan fingerprint density at radius 2 is 2.29 bits per heavy atom. The topological polar surface area (TPSA) is 20.3 Å². The Balaban J connectivity index is 2.83. The van der Waals surface area contributed by atoms with Crippen molar-refractivity contribution in [3.8, 4) is 0 Å². The number of hydrogen-bond donors (Lipinski definition) is 0. The molecule has 0 saturated heterocycles. The quantitative estimate of drug-likeness (QED) is 0.754. The fraction of sp³-hybridized carbons (Fsp3) is 0.375. The standard InChI is InChI=1S/C8H8Br2ClNOS/c1-12(3-2-11)8(13)5-4-6(9)14-7(5)10/h4H,2-3H2,1H3. The van der Waals surface area contributed by atoms with Crippen molar-refractivity contribution in [3.63, 3.8) is 0 Å². The number of halogens is 3. The van der Waals surface area contributed by atoms with E-state index in [0.29, 0.717) is 18.0 Å². The maximum atomic E-state index is 11.8. The van der Waals surface area contributed by atoms with Gasteiger partial charge in [-0.25, -0.2) is 0 Å². The van der Waals surface area contributed by atoms with E-state index in [0.717, 1.165) is 7.57 Å². The summed E-state index contributed by atoms with van der Waals surface area (Å²) in [4.78, 5) is 13.4. The average Bonchev–Trinajstić information content (AvgIpc) is 2.44. The highest BCUT2D eigenvalue weighted by atomic mass is 79.9. The van der Waals surface area contributed by atoms with Gasteiger partial charge in [0.1, 0.15) is 0 Å². The van der Waals surface area contributed by atoms with Crippen LogP contribution in [0.2, 0.25) is 0 Å². The van der Waals surface area contributed by atoms with E-state index in [4.69, 9.17) is 11.6 Å². The van der Waals surface area contributed by atoms with Gasteiger partial charge in [0.2, 0.25) is 0 Å². The first-order valence-corrected chi connectivity index (χ1v) is 6.76. The molecule has 0 N–H and O–H groups in total. The molecule has 78 valence electrons. The van der Waals surface area contributed by atoms with Crippen LogP contribution in [-0.4, -0.2) is 30.3 Å². The summed E-state index contributed by atoms with van der Waals surface area (Å²) in [5.74, 6) is 0.435. The van der Waals surface area contributed by atoms with Crippen molar-refractivity contribution in [1.29, 1.82) is 0 Å². The van der Waals surface area contributed by atoms with Gasteiger partial charge >= 0.3 is 0 Å². The predicted molar refractivity (Wildman–Crippen MR) is 67.4 cm³/mol. The van der Waals surface area contributed by atoms with Crippen molar-refractivity contribution in [2.24, 2.45) is 0 Å². The van der Waals surface area contributed by atoms with Gasteiger partial charge < -0.3 is 4.90 Å². The molecule has 1 heterocycles. The second kappa shape index (κ2) is 5.49. The number of alkyl halides is 1. The number of carbonyl (C=O) groups is 1. The lowest BCUT2D eigenvalue weighted by Gasteiger charge is -2.14. The van der Waals surface area contributed by atoms with E-state index in [-0.39, 0.29) is 5.91 Å². The van der Waals surface area contributed by atoms with Crippen molar-refractivity contribution in [2.45, 2.75) is 0 Å². The van der Waals surface area contributed by atoms with Crippen LogP contribution in [-0.2, 0) is 0 Å². The number of hydrogen-bond acceptors (Lipinski definition) is 2. The van der Waals surface area contributed by atoms with Gasteiger partial charge in [-0.3, -0.25) is 4.79 Å². The van der Waals surface area contributed by atoms with E-state index >= 15 is 0 Å². The molecule has 1 rings (SSSR count). The molecule has 2 nitrogen and oxygen atoms in total. The molecule has 0 fully saturated rings. The van der Waals surface area contributed by atoms with Crippen molar-refractivity contribution < 1.29 is 4.79 Å². The summed E-state index contributed by atoms with van der Waals surface area (Å²) in [6, 6.07) is 1.81. The van der Waals surface area contributed by atoms with Crippen LogP contribution in [0, 0.1) is 0 Å². The van der Waals surface area contributed by atoms with Gasteiger partial charge in [0.15, 0.2) is 0 Å². The summed E-state index contributed by atoms with van der Waals surface area (Å²) in [7, 11) is 1.74. The highest BCUT2D eigenvalue weighted by Crippen LogP contribution is 2.32. The summed E-state index contributed by atoms with van der Waals surface area (Å²) in [6.07, 6.45) is 0. The van der Waals surface area contributed by atoms with E-state index in [1.807, 2.05) is 6.07 Å². The molecule has 1 aromatic rings. The molecule has 1 amide bonds. The third-order valence-electron chi connectivity index (χ3n) is 1.65. The van der Waals surface area contributed by atoms with Crippen molar-refractivity contribution in [1.82, 2.24) is 4.90 Å². The monoisotopic (exact) mass is 359 g/mol.